The van der Waals surface area contributed by atoms with Gasteiger partial charge < -0.3 is 24.6 Å². The van der Waals surface area contributed by atoms with E-state index in [4.69, 9.17) is 18.9 Å². The van der Waals surface area contributed by atoms with Crippen molar-refractivity contribution in [3.63, 3.8) is 0 Å². The van der Waals surface area contributed by atoms with Gasteiger partial charge in [0.05, 0.1) is 12.2 Å². The lowest BCUT2D eigenvalue weighted by Crippen LogP contribution is -2.32. The molecule has 1 heterocycles. The maximum absolute atomic E-state index is 12.7. The van der Waals surface area contributed by atoms with Gasteiger partial charge >= 0.3 is 13.6 Å². The van der Waals surface area contributed by atoms with Crippen LogP contribution in [-0.4, -0.2) is 52.8 Å². The first kappa shape index (κ1) is 17.1. The van der Waals surface area contributed by atoms with Gasteiger partial charge in [0.25, 0.3) is 0 Å². The minimum atomic E-state index is -4.07. The van der Waals surface area contributed by atoms with Gasteiger partial charge in [-0.2, -0.15) is 0 Å². The van der Waals surface area contributed by atoms with Crippen LogP contribution in [0.25, 0.3) is 0 Å². The van der Waals surface area contributed by atoms with Gasteiger partial charge in [-0.15, -0.1) is 0 Å². The average molecular weight is 310 g/mol. The number of carbonyl (C=O) groups is 1. The van der Waals surface area contributed by atoms with Crippen molar-refractivity contribution in [1.29, 1.82) is 0 Å². The molecule has 1 aliphatic heterocycles. The fourth-order valence-electron chi connectivity index (χ4n) is 1.65. The number of aliphatic hydroxyl groups is 3. The molecule has 9 heteroatoms. The Labute approximate surface area is 116 Å². The van der Waals surface area contributed by atoms with Gasteiger partial charge in [-0.05, 0) is 20.8 Å². The van der Waals surface area contributed by atoms with E-state index >= 15 is 0 Å². The molecule has 0 aromatic heterocycles. The summed E-state index contributed by atoms with van der Waals surface area (Å²) >= 11 is 0. The monoisotopic (exact) mass is 310 g/mol. The third-order valence-corrected chi connectivity index (χ3v) is 4.73. The number of hydrogen-bond acceptors (Lipinski definition) is 8. The number of cyclic esters (lactones) is 1. The van der Waals surface area contributed by atoms with Crippen molar-refractivity contribution in [3.05, 3.63) is 11.1 Å². The molecule has 20 heavy (non-hydrogen) atoms. The van der Waals surface area contributed by atoms with Crippen LogP contribution >= 0.6 is 7.60 Å². The molecule has 116 valence electrons. The molecule has 0 fully saturated rings. The van der Waals surface area contributed by atoms with Crippen LogP contribution in [0.2, 0.25) is 0 Å². The van der Waals surface area contributed by atoms with Crippen molar-refractivity contribution >= 4 is 13.6 Å². The molecular formula is C11H19O8P. The topological polar surface area (TPSA) is 123 Å². The van der Waals surface area contributed by atoms with E-state index in [1.807, 2.05) is 0 Å². The van der Waals surface area contributed by atoms with E-state index in [0.717, 1.165) is 7.11 Å². The van der Waals surface area contributed by atoms with E-state index in [1.54, 1.807) is 20.8 Å². The summed E-state index contributed by atoms with van der Waals surface area (Å²) in [6.45, 7) is 4.05. The lowest BCUT2D eigenvalue weighted by atomic mass is 10.2. The maximum Gasteiger partial charge on any atom is 0.374 e. The van der Waals surface area contributed by atoms with Crippen molar-refractivity contribution in [3.8, 4) is 0 Å². The number of rotatable bonds is 5. The van der Waals surface area contributed by atoms with E-state index in [1.165, 1.54) is 0 Å². The number of carbonyl (C=O) groups excluding carboxylic acids is 1. The minimum Gasteiger partial charge on any atom is -0.501 e. The molecule has 0 spiro atoms. The molecule has 0 aromatic carbocycles. The van der Waals surface area contributed by atoms with Gasteiger partial charge in [-0.1, -0.05) is 0 Å². The van der Waals surface area contributed by atoms with Gasteiger partial charge in [0.1, 0.15) is 11.4 Å². The van der Waals surface area contributed by atoms with Crippen molar-refractivity contribution < 1.29 is 38.5 Å². The van der Waals surface area contributed by atoms with Gasteiger partial charge in [-0.25, -0.2) is 4.79 Å². The molecule has 8 nitrogen and oxygen atoms in total. The normalized spacial score (nSPS) is 24.5. The highest BCUT2D eigenvalue weighted by Crippen LogP contribution is 2.62. The Morgan fingerprint density at radius 3 is 2.40 bits per heavy atom. The summed E-state index contributed by atoms with van der Waals surface area (Å²) in [5.74, 6) is -2.09. The maximum atomic E-state index is 12.7. The summed E-state index contributed by atoms with van der Waals surface area (Å²) in [7, 11) is -2.99. The van der Waals surface area contributed by atoms with Crippen molar-refractivity contribution in [1.82, 2.24) is 0 Å². The number of aliphatic hydroxyl groups excluding tert-OH is 3. The number of esters is 1. The van der Waals surface area contributed by atoms with Crippen LogP contribution in [0.15, 0.2) is 11.1 Å². The van der Waals surface area contributed by atoms with E-state index in [-0.39, 0.29) is 0 Å². The summed E-state index contributed by atoms with van der Waals surface area (Å²) in [4.78, 5) is 11.4. The highest BCUT2D eigenvalue weighted by atomic mass is 31.2. The molecule has 1 unspecified atom stereocenters. The summed E-state index contributed by atoms with van der Waals surface area (Å²) < 4.78 is 27.5. The first-order valence-electron chi connectivity index (χ1n) is 5.86. The predicted octanol–water partition coefficient (Wildman–Crippen LogP) is 0.689. The van der Waals surface area contributed by atoms with Crippen LogP contribution in [0.4, 0.5) is 0 Å². The number of hydrogen-bond donors (Lipinski definition) is 3. The summed E-state index contributed by atoms with van der Waals surface area (Å²) in [5.41, 5.74) is -0.904. The Bertz CT molecular complexity index is 464. The average Bonchev–Trinajstić information content (AvgIpc) is 2.63. The number of ether oxygens (including phenoxy) is 1. The van der Waals surface area contributed by atoms with E-state index in [9.17, 15) is 19.6 Å². The first-order chi connectivity index (χ1) is 9.05. The van der Waals surface area contributed by atoms with Gasteiger partial charge in [0.15, 0.2) is 6.10 Å². The van der Waals surface area contributed by atoms with Crippen LogP contribution in [0.3, 0.4) is 0 Å². The van der Waals surface area contributed by atoms with E-state index < -0.39 is 49.1 Å². The quantitative estimate of drug-likeness (QED) is 0.500. The molecule has 0 aliphatic carbocycles. The van der Waals surface area contributed by atoms with Crippen LogP contribution in [0.1, 0.15) is 20.8 Å². The predicted molar refractivity (Wildman–Crippen MR) is 68.1 cm³/mol. The molecule has 0 saturated heterocycles. The molecular weight excluding hydrogens is 291 g/mol. The zero-order chi connectivity index (χ0) is 15.7. The lowest BCUT2D eigenvalue weighted by Gasteiger charge is -2.29. The van der Waals surface area contributed by atoms with Gasteiger partial charge in [0, 0.05) is 7.11 Å². The fourth-order valence-corrected chi connectivity index (χ4v) is 3.63. The SMILES string of the molecule is COP(=O)(OC(C)(C)C)C1=C(O)C(=O)O[C@@H]1[C@@H](O)CO. The van der Waals surface area contributed by atoms with Crippen molar-refractivity contribution in [2.45, 2.75) is 38.6 Å². The minimum absolute atomic E-state index is 0.485. The van der Waals surface area contributed by atoms with Gasteiger partial charge in [-0.3, -0.25) is 9.09 Å². The molecule has 3 N–H and O–H groups in total. The Morgan fingerprint density at radius 2 is 2.00 bits per heavy atom. The molecule has 0 saturated carbocycles. The summed E-state index contributed by atoms with van der Waals surface area (Å²) in [6, 6.07) is 0. The van der Waals surface area contributed by atoms with Crippen LogP contribution in [0, 0.1) is 0 Å². The molecule has 0 aromatic rings. The van der Waals surface area contributed by atoms with Crippen LogP contribution in [-0.2, 0) is 23.1 Å². The van der Waals surface area contributed by atoms with Gasteiger partial charge in [0.2, 0.25) is 5.76 Å². The second-order valence-electron chi connectivity index (χ2n) is 5.19. The van der Waals surface area contributed by atoms with Crippen LogP contribution in [0.5, 0.6) is 0 Å². The summed E-state index contributed by atoms with van der Waals surface area (Å²) in [5, 5.41) is 27.8. The fraction of sp³-hybridized carbons (Fsp3) is 0.727. The highest BCUT2D eigenvalue weighted by Gasteiger charge is 2.50. The second kappa shape index (κ2) is 5.83. The third-order valence-electron chi connectivity index (χ3n) is 2.41. The van der Waals surface area contributed by atoms with E-state index in [2.05, 4.69) is 0 Å². The highest BCUT2D eigenvalue weighted by molar-refractivity contribution is 7.58. The van der Waals surface area contributed by atoms with E-state index in [0.29, 0.717) is 0 Å². The zero-order valence-corrected chi connectivity index (χ0v) is 12.6. The standard InChI is InChI=1S/C11H19O8P/c1-11(2,3)19-20(16,17-4)9-7(14)10(15)18-8(9)6(13)5-12/h6,8,12-14H,5H2,1-4H3/t6-,8+,20?/m0/s1. The lowest BCUT2D eigenvalue weighted by molar-refractivity contribution is -0.146. The largest absolute Gasteiger partial charge is 0.501 e. The van der Waals surface area contributed by atoms with Crippen molar-refractivity contribution in [2.24, 2.45) is 0 Å². The first-order valence-corrected chi connectivity index (χ1v) is 7.40. The molecule has 0 bridgehead atoms. The molecule has 3 atom stereocenters. The summed E-state index contributed by atoms with van der Waals surface area (Å²) in [6.07, 6.45) is -3.04. The Kier molecular flexibility index (Phi) is 4.99. The third kappa shape index (κ3) is 3.39. The molecule has 0 amide bonds. The molecule has 0 radical (unpaired) electrons. The Balaban J connectivity index is 3.29. The zero-order valence-electron chi connectivity index (χ0n) is 11.7. The molecule has 1 rings (SSSR count). The van der Waals surface area contributed by atoms with Crippen molar-refractivity contribution in [2.75, 3.05) is 13.7 Å². The smallest absolute Gasteiger partial charge is 0.374 e. The Hall–Kier alpha value is -0.920. The molecule has 1 aliphatic rings. The second-order valence-corrected chi connectivity index (χ2v) is 7.22. The van der Waals surface area contributed by atoms with Crippen LogP contribution < -0.4 is 0 Å². The Morgan fingerprint density at radius 1 is 1.45 bits per heavy atom.